The summed E-state index contributed by atoms with van der Waals surface area (Å²) in [5.74, 6) is -0.243. The topological polar surface area (TPSA) is 38.0 Å². The minimum Gasteiger partial charge on any atom is -0.395 e. The first-order valence-electron chi connectivity index (χ1n) is 6.24. The molecule has 18 heavy (non-hydrogen) atoms. The highest BCUT2D eigenvalue weighted by molar-refractivity contribution is 7.99. The Kier molecular flexibility index (Phi) is 4.32. The smallest absolute Gasteiger partial charge is 0.151 e. The van der Waals surface area contributed by atoms with Crippen LogP contribution in [0.5, 0.6) is 0 Å². The standard InChI is InChI=1S/C13H18F2N2S/c1-2-18-12-5-3-4-10(12)17-11-7-8(14)6-9(15)13(11)16/h6-7,10,12,17H,2-5,16H2,1H3. The van der Waals surface area contributed by atoms with E-state index < -0.39 is 11.6 Å². The Hall–Kier alpha value is -0.970. The number of hydrogen-bond donors (Lipinski definition) is 2. The van der Waals surface area contributed by atoms with E-state index in [2.05, 4.69) is 12.2 Å². The summed E-state index contributed by atoms with van der Waals surface area (Å²) in [4.78, 5) is 0. The van der Waals surface area contributed by atoms with Gasteiger partial charge in [-0.15, -0.1) is 0 Å². The number of rotatable bonds is 4. The predicted octanol–water partition coefficient (Wildman–Crippen LogP) is 3.63. The summed E-state index contributed by atoms with van der Waals surface area (Å²) in [6.45, 7) is 2.12. The maximum Gasteiger partial charge on any atom is 0.151 e. The maximum atomic E-state index is 13.3. The number of nitrogens with two attached hydrogens (primary N) is 1. The summed E-state index contributed by atoms with van der Waals surface area (Å²) in [7, 11) is 0. The van der Waals surface area contributed by atoms with Gasteiger partial charge in [-0.25, -0.2) is 8.78 Å². The minimum atomic E-state index is -0.699. The molecule has 0 spiro atoms. The van der Waals surface area contributed by atoms with Crippen molar-refractivity contribution in [3.05, 3.63) is 23.8 Å². The molecule has 1 aromatic carbocycles. The molecule has 0 heterocycles. The summed E-state index contributed by atoms with van der Waals surface area (Å²) in [5, 5.41) is 3.70. The highest BCUT2D eigenvalue weighted by Gasteiger charge is 2.27. The Labute approximate surface area is 110 Å². The van der Waals surface area contributed by atoms with E-state index in [-0.39, 0.29) is 11.7 Å². The van der Waals surface area contributed by atoms with Gasteiger partial charge in [0.25, 0.3) is 0 Å². The molecule has 2 atom stereocenters. The maximum absolute atomic E-state index is 13.3. The Morgan fingerprint density at radius 1 is 1.39 bits per heavy atom. The zero-order chi connectivity index (χ0) is 13.1. The quantitative estimate of drug-likeness (QED) is 0.822. The van der Waals surface area contributed by atoms with Crippen molar-refractivity contribution in [2.24, 2.45) is 0 Å². The fraction of sp³-hybridized carbons (Fsp3) is 0.538. The van der Waals surface area contributed by atoms with Crippen LogP contribution >= 0.6 is 11.8 Å². The highest BCUT2D eigenvalue weighted by Crippen LogP contribution is 2.34. The molecule has 1 aliphatic rings. The number of nitrogen functional groups attached to an aromatic ring is 1. The van der Waals surface area contributed by atoms with Gasteiger partial charge >= 0.3 is 0 Å². The second kappa shape index (κ2) is 5.78. The average Bonchev–Trinajstić information content (AvgIpc) is 2.73. The molecule has 1 fully saturated rings. The van der Waals surface area contributed by atoms with Crippen LogP contribution in [0.3, 0.4) is 0 Å². The zero-order valence-corrected chi connectivity index (χ0v) is 11.2. The van der Waals surface area contributed by atoms with Crippen LogP contribution in [0.2, 0.25) is 0 Å². The van der Waals surface area contributed by atoms with Crippen molar-refractivity contribution in [1.82, 2.24) is 0 Å². The van der Waals surface area contributed by atoms with Gasteiger partial charge in [0.1, 0.15) is 5.82 Å². The summed E-state index contributed by atoms with van der Waals surface area (Å²) in [6.07, 6.45) is 3.32. The molecule has 0 aromatic heterocycles. The van der Waals surface area contributed by atoms with Gasteiger partial charge in [0.05, 0.1) is 11.4 Å². The third-order valence-corrected chi connectivity index (χ3v) is 4.59. The number of benzene rings is 1. The van der Waals surface area contributed by atoms with Crippen LogP contribution in [0, 0.1) is 11.6 Å². The molecule has 100 valence electrons. The van der Waals surface area contributed by atoms with E-state index in [0.717, 1.165) is 31.1 Å². The summed E-state index contributed by atoms with van der Waals surface area (Å²) < 4.78 is 26.5. The lowest BCUT2D eigenvalue weighted by molar-refractivity contribution is 0.586. The molecule has 3 N–H and O–H groups in total. The van der Waals surface area contributed by atoms with Crippen LogP contribution in [0.4, 0.5) is 20.2 Å². The monoisotopic (exact) mass is 272 g/mol. The van der Waals surface area contributed by atoms with Crippen LogP contribution < -0.4 is 11.1 Å². The predicted molar refractivity (Wildman–Crippen MR) is 74.0 cm³/mol. The van der Waals surface area contributed by atoms with E-state index in [1.807, 2.05) is 11.8 Å². The third kappa shape index (κ3) is 2.88. The first-order chi connectivity index (χ1) is 8.61. The Balaban J connectivity index is 2.13. The lowest BCUT2D eigenvalue weighted by Gasteiger charge is -2.22. The number of nitrogens with one attached hydrogen (secondary N) is 1. The fourth-order valence-corrected chi connectivity index (χ4v) is 3.61. The number of halogens is 2. The van der Waals surface area contributed by atoms with Crippen molar-refractivity contribution >= 4 is 23.1 Å². The molecular formula is C13H18F2N2S. The largest absolute Gasteiger partial charge is 0.395 e. The van der Waals surface area contributed by atoms with Crippen LogP contribution in [0.1, 0.15) is 26.2 Å². The molecule has 0 saturated heterocycles. The lowest BCUT2D eigenvalue weighted by Crippen LogP contribution is -2.26. The second-order valence-corrected chi connectivity index (χ2v) is 6.04. The summed E-state index contributed by atoms with van der Waals surface area (Å²) >= 11 is 1.89. The first-order valence-corrected chi connectivity index (χ1v) is 7.29. The Bertz CT molecular complexity index is 426. The second-order valence-electron chi connectivity index (χ2n) is 4.52. The molecule has 0 radical (unpaired) electrons. The molecule has 0 bridgehead atoms. The molecule has 2 rings (SSSR count). The van der Waals surface area contributed by atoms with E-state index in [4.69, 9.17) is 5.73 Å². The van der Waals surface area contributed by atoms with Gasteiger partial charge in [0.2, 0.25) is 0 Å². The van der Waals surface area contributed by atoms with E-state index in [1.165, 1.54) is 6.07 Å². The normalized spacial score (nSPS) is 23.3. The van der Waals surface area contributed by atoms with Crippen molar-refractivity contribution in [3.8, 4) is 0 Å². The van der Waals surface area contributed by atoms with E-state index in [9.17, 15) is 8.78 Å². The molecule has 2 unspecified atom stereocenters. The van der Waals surface area contributed by atoms with Gasteiger partial charge in [0, 0.05) is 17.4 Å². The van der Waals surface area contributed by atoms with Crippen molar-refractivity contribution in [3.63, 3.8) is 0 Å². The molecular weight excluding hydrogens is 254 g/mol. The molecule has 1 aliphatic carbocycles. The van der Waals surface area contributed by atoms with Crippen LogP contribution in [-0.4, -0.2) is 17.0 Å². The van der Waals surface area contributed by atoms with E-state index in [0.29, 0.717) is 10.9 Å². The molecule has 0 aliphatic heterocycles. The summed E-state index contributed by atoms with van der Waals surface area (Å²) in [6, 6.07) is 2.33. The molecule has 1 aromatic rings. The Morgan fingerprint density at radius 2 is 2.17 bits per heavy atom. The van der Waals surface area contributed by atoms with Gasteiger partial charge in [-0.3, -0.25) is 0 Å². The van der Waals surface area contributed by atoms with Crippen LogP contribution in [-0.2, 0) is 0 Å². The van der Waals surface area contributed by atoms with E-state index in [1.54, 1.807) is 0 Å². The molecule has 0 amide bonds. The van der Waals surface area contributed by atoms with Gasteiger partial charge in [0.15, 0.2) is 5.82 Å². The highest BCUT2D eigenvalue weighted by atomic mass is 32.2. The minimum absolute atomic E-state index is 0.00329. The van der Waals surface area contributed by atoms with Crippen molar-refractivity contribution in [2.45, 2.75) is 37.5 Å². The molecule has 2 nitrogen and oxygen atoms in total. The van der Waals surface area contributed by atoms with Crippen molar-refractivity contribution in [2.75, 3.05) is 16.8 Å². The van der Waals surface area contributed by atoms with Gasteiger partial charge in [-0.1, -0.05) is 13.3 Å². The van der Waals surface area contributed by atoms with Gasteiger partial charge in [-0.2, -0.15) is 11.8 Å². The molecule has 1 saturated carbocycles. The number of anilines is 2. The third-order valence-electron chi connectivity index (χ3n) is 3.27. The Morgan fingerprint density at radius 3 is 2.89 bits per heavy atom. The van der Waals surface area contributed by atoms with Crippen molar-refractivity contribution < 1.29 is 8.78 Å². The van der Waals surface area contributed by atoms with E-state index >= 15 is 0 Å². The van der Waals surface area contributed by atoms with Gasteiger partial charge < -0.3 is 11.1 Å². The number of hydrogen-bond acceptors (Lipinski definition) is 3. The first kappa shape index (κ1) is 13.5. The molecule has 5 heteroatoms. The average molecular weight is 272 g/mol. The fourth-order valence-electron chi connectivity index (χ4n) is 2.41. The lowest BCUT2D eigenvalue weighted by atomic mass is 10.2. The zero-order valence-electron chi connectivity index (χ0n) is 10.4. The van der Waals surface area contributed by atoms with Crippen molar-refractivity contribution in [1.29, 1.82) is 0 Å². The van der Waals surface area contributed by atoms with Gasteiger partial charge in [-0.05, 0) is 24.7 Å². The van der Waals surface area contributed by atoms with Crippen LogP contribution in [0.25, 0.3) is 0 Å². The van der Waals surface area contributed by atoms with Crippen LogP contribution in [0.15, 0.2) is 12.1 Å². The number of thioether (sulfide) groups is 1. The SMILES string of the molecule is CCSC1CCCC1Nc1cc(F)cc(F)c1N. The summed E-state index contributed by atoms with van der Waals surface area (Å²) in [5.41, 5.74) is 6.02.